The summed E-state index contributed by atoms with van der Waals surface area (Å²) in [5.74, 6) is 0.557. The minimum atomic E-state index is -3.20. The zero-order chi connectivity index (χ0) is 17.6. The van der Waals surface area contributed by atoms with Crippen LogP contribution in [0.5, 0.6) is 5.75 Å². The minimum absolute atomic E-state index is 0.0572. The van der Waals surface area contributed by atoms with Gasteiger partial charge in [-0.1, -0.05) is 0 Å². The van der Waals surface area contributed by atoms with Crippen LogP contribution in [0.2, 0.25) is 0 Å². The van der Waals surface area contributed by atoms with Crippen LogP contribution in [0.3, 0.4) is 0 Å². The maximum Gasteiger partial charge on any atom is 0.253 e. The van der Waals surface area contributed by atoms with Gasteiger partial charge in [0.25, 0.3) is 5.91 Å². The molecule has 6 nitrogen and oxygen atoms in total. The molecule has 2 fully saturated rings. The molecule has 132 valence electrons. The number of likely N-dealkylation sites (tertiary alicyclic amines) is 1. The SMILES string of the molecule is COc1c(C)cc(C(=O)N2C[C@H]3[C@H](OC)CS(=O)(=O)[C@H]3C2)cc1C. The fourth-order valence-corrected chi connectivity index (χ4v) is 6.29. The maximum absolute atomic E-state index is 12.8. The highest BCUT2D eigenvalue weighted by Gasteiger charge is 2.53. The summed E-state index contributed by atoms with van der Waals surface area (Å²) in [7, 11) is -0.0632. The van der Waals surface area contributed by atoms with Crippen molar-refractivity contribution in [3.05, 3.63) is 28.8 Å². The van der Waals surface area contributed by atoms with Crippen molar-refractivity contribution in [1.82, 2.24) is 4.90 Å². The van der Waals surface area contributed by atoms with Crippen molar-refractivity contribution in [2.45, 2.75) is 25.2 Å². The number of benzene rings is 1. The molecular weight excluding hydrogens is 330 g/mol. The normalized spacial score (nSPS) is 28.0. The van der Waals surface area contributed by atoms with Gasteiger partial charge in [-0.05, 0) is 37.1 Å². The lowest BCUT2D eigenvalue weighted by atomic mass is 10.0. The van der Waals surface area contributed by atoms with Gasteiger partial charge in [-0.15, -0.1) is 0 Å². The zero-order valence-corrected chi connectivity index (χ0v) is 15.2. The second-order valence-corrected chi connectivity index (χ2v) is 8.92. The van der Waals surface area contributed by atoms with E-state index in [2.05, 4.69) is 0 Å². The molecular formula is C17H23NO5S. The number of carbonyl (C=O) groups is 1. The number of amides is 1. The zero-order valence-electron chi connectivity index (χ0n) is 14.4. The Kier molecular flexibility index (Phi) is 4.34. The molecule has 0 aliphatic carbocycles. The monoisotopic (exact) mass is 353 g/mol. The predicted molar refractivity (Wildman–Crippen MR) is 90.2 cm³/mol. The van der Waals surface area contributed by atoms with Gasteiger partial charge in [0, 0.05) is 31.7 Å². The molecule has 0 saturated carbocycles. The molecule has 3 atom stereocenters. The summed E-state index contributed by atoms with van der Waals surface area (Å²) in [6.45, 7) is 4.46. The van der Waals surface area contributed by atoms with E-state index in [1.807, 2.05) is 13.8 Å². The smallest absolute Gasteiger partial charge is 0.253 e. The van der Waals surface area contributed by atoms with E-state index in [-0.39, 0.29) is 30.2 Å². The molecule has 0 radical (unpaired) electrons. The summed E-state index contributed by atoms with van der Waals surface area (Å²) >= 11 is 0. The lowest BCUT2D eigenvalue weighted by Gasteiger charge is -2.20. The van der Waals surface area contributed by atoms with Crippen molar-refractivity contribution in [2.75, 3.05) is 33.1 Å². The van der Waals surface area contributed by atoms with Gasteiger partial charge in [0.2, 0.25) is 0 Å². The van der Waals surface area contributed by atoms with Gasteiger partial charge in [-0.2, -0.15) is 0 Å². The third-order valence-corrected chi connectivity index (χ3v) is 7.36. The third kappa shape index (κ3) is 2.69. The second kappa shape index (κ2) is 6.04. The van der Waals surface area contributed by atoms with Crippen molar-refractivity contribution >= 4 is 15.7 Å². The first kappa shape index (κ1) is 17.2. The molecule has 2 heterocycles. The van der Waals surface area contributed by atoms with Crippen molar-refractivity contribution in [3.63, 3.8) is 0 Å². The molecule has 2 saturated heterocycles. The standard InChI is InChI=1S/C17H23NO5S/c1-10-5-12(6-11(2)16(10)23-4)17(19)18-7-13-14(22-3)9-24(20,21)15(13)8-18/h5-6,13-15H,7-9H2,1-4H3/t13-,14+,15-/m0/s1. The van der Waals surface area contributed by atoms with Crippen molar-refractivity contribution < 1.29 is 22.7 Å². The number of fused-ring (bicyclic) bond motifs is 1. The van der Waals surface area contributed by atoms with E-state index in [1.54, 1.807) is 24.1 Å². The summed E-state index contributed by atoms with van der Waals surface area (Å²) in [5, 5.41) is -0.508. The average molecular weight is 353 g/mol. The number of sulfone groups is 1. The van der Waals surface area contributed by atoms with Gasteiger partial charge in [0.15, 0.2) is 9.84 Å². The van der Waals surface area contributed by atoms with E-state index >= 15 is 0 Å². The molecule has 0 bridgehead atoms. The Labute approximate surface area is 142 Å². The van der Waals surface area contributed by atoms with E-state index in [0.717, 1.165) is 16.9 Å². The van der Waals surface area contributed by atoms with E-state index in [4.69, 9.17) is 9.47 Å². The fourth-order valence-electron chi connectivity index (χ4n) is 4.00. The van der Waals surface area contributed by atoms with Crippen molar-refractivity contribution in [3.8, 4) is 5.75 Å². The molecule has 0 N–H and O–H groups in total. The summed E-state index contributed by atoms with van der Waals surface area (Å²) in [6.07, 6.45) is -0.322. The van der Waals surface area contributed by atoms with Gasteiger partial charge in [0.1, 0.15) is 5.75 Å². The molecule has 2 aliphatic rings. The predicted octanol–water partition coefficient (Wildman–Crippen LogP) is 1.20. The van der Waals surface area contributed by atoms with E-state index < -0.39 is 15.1 Å². The van der Waals surface area contributed by atoms with Gasteiger partial charge < -0.3 is 14.4 Å². The van der Waals surface area contributed by atoms with Crippen molar-refractivity contribution in [2.24, 2.45) is 5.92 Å². The first-order valence-corrected chi connectivity index (χ1v) is 9.69. The van der Waals surface area contributed by atoms with Gasteiger partial charge >= 0.3 is 0 Å². The summed E-state index contributed by atoms with van der Waals surface area (Å²) in [6, 6.07) is 3.59. The highest BCUT2D eigenvalue weighted by molar-refractivity contribution is 7.92. The molecule has 7 heteroatoms. The van der Waals surface area contributed by atoms with Crippen LogP contribution in [0.25, 0.3) is 0 Å². The summed E-state index contributed by atoms with van der Waals surface area (Å²) in [5.41, 5.74) is 2.35. The average Bonchev–Trinajstić information content (AvgIpc) is 3.06. The van der Waals surface area contributed by atoms with Gasteiger partial charge in [-0.25, -0.2) is 8.42 Å². The first-order valence-electron chi connectivity index (χ1n) is 7.97. The van der Waals surface area contributed by atoms with Crippen LogP contribution in [-0.2, 0) is 14.6 Å². The molecule has 0 unspecified atom stereocenters. The first-order chi connectivity index (χ1) is 11.3. The number of carbonyl (C=O) groups excluding carboxylic acids is 1. The Hall–Kier alpha value is -1.60. The van der Waals surface area contributed by atoms with E-state index in [9.17, 15) is 13.2 Å². The Morgan fingerprint density at radius 1 is 1.17 bits per heavy atom. The molecule has 1 aromatic rings. The molecule has 1 amide bonds. The van der Waals surface area contributed by atoms with Gasteiger partial charge in [-0.3, -0.25) is 4.79 Å². The molecule has 0 aromatic heterocycles. The number of methoxy groups -OCH3 is 2. The minimum Gasteiger partial charge on any atom is -0.496 e. The molecule has 3 rings (SSSR count). The Bertz CT molecular complexity index is 750. The van der Waals surface area contributed by atoms with Gasteiger partial charge in [0.05, 0.1) is 24.2 Å². The van der Waals surface area contributed by atoms with Crippen LogP contribution in [0.15, 0.2) is 12.1 Å². The summed E-state index contributed by atoms with van der Waals surface area (Å²) < 4.78 is 35.2. The van der Waals surface area contributed by atoms with Crippen LogP contribution < -0.4 is 4.74 Å². The largest absolute Gasteiger partial charge is 0.496 e. The second-order valence-electron chi connectivity index (χ2n) is 6.66. The lowest BCUT2D eigenvalue weighted by molar-refractivity contribution is 0.0687. The number of hydrogen-bond acceptors (Lipinski definition) is 5. The quantitative estimate of drug-likeness (QED) is 0.816. The third-order valence-electron chi connectivity index (χ3n) is 5.15. The number of aryl methyl sites for hydroxylation is 2. The lowest BCUT2D eigenvalue weighted by Crippen LogP contribution is -2.33. The highest BCUT2D eigenvalue weighted by atomic mass is 32.2. The maximum atomic E-state index is 12.8. The molecule has 0 spiro atoms. The van der Waals surface area contributed by atoms with Crippen LogP contribution >= 0.6 is 0 Å². The number of hydrogen-bond donors (Lipinski definition) is 0. The number of ether oxygens (including phenoxy) is 2. The number of rotatable bonds is 3. The Balaban J connectivity index is 1.86. The van der Waals surface area contributed by atoms with Crippen molar-refractivity contribution in [1.29, 1.82) is 0 Å². The van der Waals surface area contributed by atoms with Crippen LogP contribution in [0, 0.1) is 19.8 Å². The Morgan fingerprint density at radius 2 is 1.79 bits per heavy atom. The van der Waals surface area contributed by atoms with Crippen LogP contribution in [0.1, 0.15) is 21.5 Å². The van der Waals surface area contributed by atoms with E-state index in [1.165, 1.54) is 7.11 Å². The summed E-state index contributed by atoms with van der Waals surface area (Å²) in [4.78, 5) is 14.5. The molecule has 2 aliphatic heterocycles. The Morgan fingerprint density at radius 3 is 2.33 bits per heavy atom. The van der Waals surface area contributed by atoms with E-state index in [0.29, 0.717) is 12.1 Å². The molecule has 1 aromatic carbocycles. The van der Waals surface area contributed by atoms with Crippen LogP contribution in [-0.4, -0.2) is 63.6 Å². The number of nitrogens with zero attached hydrogens (tertiary/aromatic N) is 1. The molecule has 24 heavy (non-hydrogen) atoms. The van der Waals surface area contributed by atoms with Crippen LogP contribution in [0.4, 0.5) is 0 Å². The highest BCUT2D eigenvalue weighted by Crippen LogP contribution is 2.36. The topological polar surface area (TPSA) is 72.9 Å². The fraction of sp³-hybridized carbons (Fsp3) is 0.588.